The zero-order valence-electron chi connectivity index (χ0n) is 7.84. The Labute approximate surface area is 70.3 Å². The van der Waals surface area contributed by atoms with E-state index < -0.39 is 0 Å². The Bertz CT molecular complexity index is 81.6. The van der Waals surface area contributed by atoms with Crippen LogP contribution in [0, 0.1) is 0 Å². The summed E-state index contributed by atoms with van der Waals surface area (Å²) in [4.78, 5) is 0. The van der Waals surface area contributed by atoms with Gasteiger partial charge < -0.3 is 11.5 Å². The Morgan fingerprint density at radius 2 is 1.73 bits per heavy atom. The first-order chi connectivity index (χ1) is 5.16. The van der Waals surface area contributed by atoms with Crippen LogP contribution in [-0.2, 0) is 0 Å². The molecule has 0 amide bonds. The lowest BCUT2D eigenvalue weighted by molar-refractivity contribution is 0.497. The Balaban J connectivity index is 3.15. The second kappa shape index (κ2) is 6.62. The first-order valence-electron chi connectivity index (χ1n) is 4.68. The maximum atomic E-state index is 5.85. The van der Waals surface area contributed by atoms with E-state index in [2.05, 4.69) is 6.92 Å². The SMILES string of the molecule is CCCCC(N)CCC(C)N. The fourth-order valence-electron chi connectivity index (χ4n) is 1.09. The minimum Gasteiger partial charge on any atom is -0.328 e. The van der Waals surface area contributed by atoms with Gasteiger partial charge in [0.2, 0.25) is 0 Å². The highest BCUT2D eigenvalue weighted by atomic mass is 14.6. The minimum absolute atomic E-state index is 0.308. The fraction of sp³-hybridized carbons (Fsp3) is 1.00. The average Bonchev–Trinajstić information content (AvgIpc) is 1.97. The summed E-state index contributed by atoms with van der Waals surface area (Å²) in [6.45, 7) is 4.23. The van der Waals surface area contributed by atoms with Gasteiger partial charge in [-0.15, -0.1) is 0 Å². The highest BCUT2D eigenvalue weighted by molar-refractivity contribution is 4.64. The molecule has 0 bridgehead atoms. The van der Waals surface area contributed by atoms with Crippen LogP contribution >= 0.6 is 0 Å². The molecular weight excluding hydrogens is 136 g/mol. The molecule has 0 aliphatic heterocycles. The summed E-state index contributed by atoms with van der Waals surface area (Å²) >= 11 is 0. The summed E-state index contributed by atoms with van der Waals surface area (Å²) in [5.74, 6) is 0. The van der Waals surface area contributed by atoms with E-state index in [9.17, 15) is 0 Å². The van der Waals surface area contributed by atoms with Gasteiger partial charge in [0, 0.05) is 12.1 Å². The Morgan fingerprint density at radius 3 is 2.18 bits per heavy atom. The van der Waals surface area contributed by atoms with Gasteiger partial charge in [-0.05, 0) is 26.2 Å². The summed E-state index contributed by atoms with van der Waals surface area (Å²) in [7, 11) is 0. The van der Waals surface area contributed by atoms with Crippen LogP contribution in [0.25, 0.3) is 0 Å². The molecule has 68 valence electrons. The number of nitrogens with two attached hydrogens (primary N) is 2. The zero-order chi connectivity index (χ0) is 8.69. The zero-order valence-corrected chi connectivity index (χ0v) is 7.84. The first kappa shape index (κ1) is 10.9. The molecule has 2 unspecified atom stereocenters. The standard InChI is InChI=1S/C9H22N2/c1-3-4-5-9(11)7-6-8(2)10/h8-9H,3-7,10-11H2,1-2H3. The predicted molar refractivity (Wildman–Crippen MR) is 50.4 cm³/mol. The molecule has 0 aromatic heterocycles. The maximum Gasteiger partial charge on any atom is 0.00394 e. The number of hydrogen-bond donors (Lipinski definition) is 2. The molecule has 0 aliphatic rings. The third-order valence-electron chi connectivity index (χ3n) is 1.92. The van der Waals surface area contributed by atoms with Crippen LogP contribution in [0.5, 0.6) is 0 Å². The summed E-state index contributed by atoms with van der Waals surface area (Å²) in [5.41, 5.74) is 11.5. The molecule has 2 nitrogen and oxygen atoms in total. The van der Waals surface area contributed by atoms with Crippen molar-refractivity contribution in [2.75, 3.05) is 0 Å². The second-order valence-electron chi connectivity index (χ2n) is 3.46. The van der Waals surface area contributed by atoms with E-state index in [4.69, 9.17) is 11.5 Å². The van der Waals surface area contributed by atoms with Crippen LogP contribution in [0.4, 0.5) is 0 Å². The van der Waals surface area contributed by atoms with Gasteiger partial charge in [-0.25, -0.2) is 0 Å². The van der Waals surface area contributed by atoms with Crippen molar-refractivity contribution >= 4 is 0 Å². The van der Waals surface area contributed by atoms with E-state index in [1.54, 1.807) is 0 Å². The van der Waals surface area contributed by atoms with Gasteiger partial charge >= 0.3 is 0 Å². The first-order valence-corrected chi connectivity index (χ1v) is 4.68. The van der Waals surface area contributed by atoms with E-state index in [1.807, 2.05) is 6.92 Å². The average molecular weight is 158 g/mol. The van der Waals surface area contributed by atoms with E-state index in [1.165, 1.54) is 12.8 Å². The van der Waals surface area contributed by atoms with E-state index in [0.717, 1.165) is 19.3 Å². The maximum absolute atomic E-state index is 5.85. The normalized spacial score (nSPS) is 16.4. The minimum atomic E-state index is 0.308. The second-order valence-corrected chi connectivity index (χ2v) is 3.46. The molecule has 0 saturated carbocycles. The molecule has 0 aromatic carbocycles. The topological polar surface area (TPSA) is 52.0 Å². The van der Waals surface area contributed by atoms with Crippen molar-refractivity contribution in [3.8, 4) is 0 Å². The van der Waals surface area contributed by atoms with Crippen molar-refractivity contribution in [3.05, 3.63) is 0 Å². The van der Waals surface area contributed by atoms with Gasteiger partial charge in [-0.1, -0.05) is 19.8 Å². The molecule has 0 saturated heterocycles. The number of unbranched alkanes of at least 4 members (excludes halogenated alkanes) is 1. The van der Waals surface area contributed by atoms with Crippen molar-refractivity contribution in [2.24, 2.45) is 11.5 Å². The smallest absolute Gasteiger partial charge is 0.00394 e. The lowest BCUT2D eigenvalue weighted by Crippen LogP contribution is -2.24. The molecule has 0 heterocycles. The van der Waals surface area contributed by atoms with Gasteiger partial charge in [0.15, 0.2) is 0 Å². The number of hydrogen-bond acceptors (Lipinski definition) is 2. The van der Waals surface area contributed by atoms with E-state index in [-0.39, 0.29) is 0 Å². The molecule has 0 radical (unpaired) electrons. The van der Waals surface area contributed by atoms with Gasteiger partial charge in [0.25, 0.3) is 0 Å². The molecule has 4 N–H and O–H groups in total. The number of rotatable bonds is 6. The van der Waals surface area contributed by atoms with Gasteiger partial charge in [0.1, 0.15) is 0 Å². The third-order valence-corrected chi connectivity index (χ3v) is 1.92. The molecule has 0 rings (SSSR count). The van der Waals surface area contributed by atoms with Crippen molar-refractivity contribution in [1.82, 2.24) is 0 Å². The molecule has 2 heteroatoms. The predicted octanol–water partition coefficient (Wildman–Crippen LogP) is 1.63. The van der Waals surface area contributed by atoms with E-state index in [0.29, 0.717) is 12.1 Å². The van der Waals surface area contributed by atoms with Crippen LogP contribution in [0.1, 0.15) is 46.0 Å². The lowest BCUT2D eigenvalue weighted by Gasteiger charge is -2.11. The quantitative estimate of drug-likeness (QED) is 0.617. The lowest BCUT2D eigenvalue weighted by atomic mass is 10.0. The largest absolute Gasteiger partial charge is 0.328 e. The third kappa shape index (κ3) is 7.82. The summed E-state index contributed by atoms with van der Waals surface area (Å²) in [5, 5.41) is 0. The van der Waals surface area contributed by atoms with Crippen LogP contribution in [-0.4, -0.2) is 12.1 Å². The summed E-state index contributed by atoms with van der Waals surface area (Å²) in [6, 6.07) is 0.684. The van der Waals surface area contributed by atoms with Crippen LogP contribution < -0.4 is 11.5 Å². The Kier molecular flexibility index (Phi) is 6.57. The van der Waals surface area contributed by atoms with Crippen LogP contribution in [0.3, 0.4) is 0 Å². The Hall–Kier alpha value is -0.0800. The molecule has 0 aromatic rings. The van der Waals surface area contributed by atoms with Gasteiger partial charge in [-0.3, -0.25) is 0 Å². The summed E-state index contributed by atoms with van der Waals surface area (Å²) in [6.07, 6.45) is 5.79. The van der Waals surface area contributed by atoms with Crippen molar-refractivity contribution < 1.29 is 0 Å². The summed E-state index contributed by atoms with van der Waals surface area (Å²) < 4.78 is 0. The highest BCUT2D eigenvalue weighted by Gasteiger charge is 2.02. The fourth-order valence-corrected chi connectivity index (χ4v) is 1.09. The van der Waals surface area contributed by atoms with Crippen LogP contribution in [0.15, 0.2) is 0 Å². The van der Waals surface area contributed by atoms with Gasteiger partial charge in [-0.2, -0.15) is 0 Å². The molecule has 11 heavy (non-hydrogen) atoms. The van der Waals surface area contributed by atoms with Crippen molar-refractivity contribution in [1.29, 1.82) is 0 Å². The van der Waals surface area contributed by atoms with Crippen molar-refractivity contribution in [3.63, 3.8) is 0 Å². The van der Waals surface area contributed by atoms with Crippen LogP contribution in [0.2, 0.25) is 0 Å². The van der Waals surface area contributed by atoms with Crippen molar-refractivity contribution in [2.45, 2.75) is 58.0 Å². The van der Waals surface area contributed by atoms with Gasteiger partial charge in [0.05, 0.1) is 0 Å². The molecule has 2 atom stereocenters. The Morgan fingerprint density at radius 1 is 1.09 bits per heavy atom. The van der Waals surface area contributed by atoms with E-state index >= 15 is 0 Å². The molecular formula is C9H22N2. The highest BCUT2D eigenvalue weighted by Crippen LogP contribution is 2.05. The monoisotopic (exact) mass is 158 g/mol. The molecule has 0 spiro atoms. The molecule has 0 aliphatic carbocycles. The molecule has 0 fully saturated rings.